The number of nitrogens with one attached hydrogen (secondary N) is 1. The van der Waals surface area contributed by atoms with E-state index in [9.17, 15) is 10.2 Å². The number of hydrogen-bond donors (Lipinski definition) is 3. The SMILES string of the molecule is Oc1cc(O)cc(-c2nc3cc(Cl)c(Cl)cc3[nH]2)c1. The van der Waals surface area contributed by atoms with E-state index < -0.39 is 0 Å². The summed E-state index contributed by atoms with van der Waals surface area (Å²) in [5.41, 5.74) is 1.96. The fourth-order valence-corrected chi connectivity index (χ4v) is 2.20. The second-order valence-electron chi connectivity index (χ2n) is 4.11. The van der Waals surface area contributed by atoms with Gasteiger partial charge in [0.15, 0.2) is 0 Å². The predicted octanol–water partition coefficient (Wildman–Crippen LogP) is 3.95. The molecule has 0 saturated heterocycles. The number of hydrogen-bond acceptors (Lipinski definition) is 3. The quantitative estimate of drug-likeness (QED) is 0.636. The summed E-state index contributed by atoms with van der Waals surface area (Å²) in [5, 5.41) is 19.8. The molecule has 1 aromatic heterocycles. The van der Waals surface area contributed by atoms with E-state index in [1.807, 2.05) is 0 Å². The van der Waals surface area contributed by atoms with E-state index in [0.717, 1.165) is 5.52 Å². The Kier molecular flexibility index (Phi) is 2.77. The van der Waals surface area contributed by atoms with Crippen molar-refractivity contribution >= 4 is 34.2 Å². The average molecular weight is 295 g/mol. The van der Waals surface area contributed by atoms with Gasteiger partial charge in [-0.3, -0.25) is 0 Å². The molecule has 6 heteroatoms. The number of nitrogens with zero attached hydrogens (tertiary/aromatic N) is 1. The molecule has 0 fully saturated rings. The molecule has 4 nitrogen and oxygen atoms in total. The van der Waals surface area contributed by atoms with Gasteiger partial charge in [-0.1, -0.05) is 23.2 Å². The lowest BCUT2D eigenvalue weighted by atomic mass is 10.2. The van der Waals surface area contributed by atoms with Gasteiger partial charge in [-0.25, -0.2) is 4.98 Å². The molecule has 3 rings (SSSR count). The lowest BCUT2D eigenvalue weighted by Gasteiger charge is -1.99. The molecule has 0 aliphatic carbocycles. The zero-order chi connectivity index (χ0) is 13.6. The maximum Gasteiger partial charge on any atom is 0.138 e. The largest absolute Gasteiger partial charge is 0.508 e. The first-order valence-electron chi connectivity index (χ1n) is 5.41. The number of fused-ring (bicyclic) bond motifs is 1. The number of phenolic OH excluding ortho intramolecular Hbond substituents is 2. The Balaban J connectivity index is 2.20. The Morgan fingerprint density at radius 3 is 2.21 bits per heavy atom. The Bertz CT molecular complexity index is 724. The summed E-state index contributed by atoms with van der Waals surface area (Å²) >= 11 is 11.9. The number of aromatic amines is 1. The molecule has 0 unspecified atom stereocenters. The second-order valence-corrected chi connectivity index (χ2v) is 4.92. The van der Waals surface area contributed by atoms with Crippen LogP contribution < -0.4 is 0 Å². The third-order valence-corrected chi connectivity index (χ3v) is 3.42. The van der Waals surface area contributed by atoms with Crippen molar-refractivity contribution < 1.29 is 10.2 Å². The smallest absolute Gasteiger partial charge is 0.138 e. The van der Waals surface area contributed by atoms with Crippen LogP contribution in [-0.2, 0) is 0 Å². The molecule has 96 valence electrons. The maximum atomic E-state index is 9.47. The minimum Gasteiger partial charge on any atom is -0.508 e. The summed E-state index contributed by atoms with van der Waals surface area (Å²) in [6.45, 7) is 0. The van der Waals surface area contributed by atoms with E-state index in [4.69, 9.17) is 23.2 Å². The van der Waals surface area contributed by atoms with E-state index in [2.05, 4.69) is 9.97 Å². The summed E-state index contributed by atoms with van der Waals surface area (Å²) < 4.78 is 0. The maximum absolute atomic E-state index is 9.47. The van der Waals surface area contributed by atoms with Crippen molar-refractivity contribution in [1.82, 2.24) is 9.97 Å². The number of halogens is 2. The second kappa shape index (κ2) is 4.33. The van der Waals surface area contributed by atoms with Gasteiger partial charge in [0.1, 0.15) is 17.3 Å². The zero-order valence-electron chi connectivity index (χ0n) is 9.48. The van der Waals surface area contributed by atoms with E-state index in [1.54, 1.807) is 12.1 Å². The van der Waals surface area contributed by atoms with Crippen molar-refractivity contribution in [3.05, 3.63) is 40.4 Å². The summed E-state index contributed by atoms with van der Waals surface area (Å²) in [5.74, 6) is 0.442. The van der Waals surface area contributed by atoms with Gasteiger partial charge in [0.25, 0.3) is 0 Å². The fourth-order valence-electron chi connectivity index (χ4n) is 1.87. The number of H-pyrrole nitrogens is 1. The van der Waals surface area contributed by atoms with Crippen molar-refractivity contribution in [2.75, 3.05) is 0 Å². The Hall–Kier alpha value is -1.91. The summed E-state index contributed by atoms with van der Waals surface area (Å²) in [6, 6.07) is 7.58. The third kappa shape index (κ3) is 2.20. The number of aromatic nitrogens is 2. The molecule has 3 aromatic rings. The molecule has 0 spiro atoms. The predicted molar refractivity (Wildman–Crippen MR) is 74.9 cm³/mol. The van der Waals surface area contributed by atoms with Crippen LogP contribution in [0.4, 0.5) is 0 Å². The van der Waals surface area contributed by atoms with E-state index >= 15 is 0 Å². The Morgan fingerprint density at radius 1 is 0.895 bits per heavy atom. The lowest BCUT2D eigenvalue weighted by molar-refractivity contribution is 0.451. The van der Waals surface area contributed by atoms with Gasteiger partial charge in [-0.15, -0.1) is 0 Å². The van der Waals surface area contributed by atoms with Crippen LogP contribution in [0.1, 0.15) is 0 Å². The highest BCUT2D eigenvalue weighted by Gasteiger charge is 2.09. The molecule has 0 radical (unpaired) electrons. The van der Waals surface area contributed by atoms with Crippen LogP contribution in [0.3, 0.4) is 0 Å². The standard InChI is InChI=1S/C13H8Cl2N2O2/c14-9-4-11-12(5-10(9)15)17-13(16-11)6-1-7(18)3-8(19)2-6/h1-5,18-19H,(H,16,17). The number of rotatable bonds is 1. The van der Waals surface area contributed by atoms with Crippen LogP contribution in [0.25, 0.3) is 22.4 Å². The summed E-state index contributed by atoms with van der Waals surface area (Å²) in [4.78, 5) is 7.40. The van der Waals surface area contributed by atoms with Crippen molar-refractivity contribution in [1.29, 1.82) is 0 Å². The normalized spacial score (nSPS) is 11.1. The zero-order valence-corrected chi connectivity index (χ0v) is 11.0. The molecular formula is C13H8Cl2N2O2. The molecule has 2 aromatic carbocycles. The van der Waals surface area contributed by atoms with Crippen molar-refractivity contribution in [2.24, 2.45) is 0 Å². The van der Waals surface area contributed by atoms with Crippen LogP contribution in [0, 0.1) is 0 Å². The first kappa shape index (κ1) is 12.1. The third-order valence-electron chi connectivity index (χ3n) is 2.70. The number of aromatic hydroxyl groups is 2. The highest BCUT2D eigenvalue weighted by molar-refractivity contribution is 6.42. The van der Waals surface area contributed by atoms with E-state index in [0.29, 0.717) is 26.9 Å². The van der Waals surface area contributed by atoms with E-state index in [-0.39, 0.29) is 11.5 Å². The van der Waals surface area contributed by atoms with E-state index in [1.165, 1.54) is 18.2 Å². The highest BCUT2D eigenvalue weighted by atomic mass is 35.5. The fraction of sp³-hybridized carbons (Fsp3) is 0. The van der Waals surface area contributed by atoms with Crippen molar-refractivity contribution in [3.8, 4) is 22.9 Å². The van der Waals surface area contributed by atoms with Crippen LogP contribution in [0.5, 0.6) is 11.5 Å². The van der Waals surface area contributed by atoms with Gasteiger partial charge in [-0.2, -0.15) is 0 Å². The van der Waals surface area contributed by atoms with Gasteiger partial charge in [0.2, 0.25) is 0 Å². The van der Waals surface area contributed by atoms with Crippen LogP contribution >= 0.6 is 23.2 Å². The van der Waals surface area contributed by atoms with Crippen LogP contribution in [0.15, 0.2) is 30.3 Å². The van der Waals surface area contributed by atoms with Gasteiger partial charge < -0.3 is 15.2 Å². The molecule has 0 saturated carbocycles. The van der Waals surface area contributed by atoms with Crippen molar-refractivity contribution in [2.45, 2.75) is 0 Å². The monoisotopic (exact) mass is 294 g/mol. The van der Waals surface area contributed by atoms with Crippen LogP contribution in [-0.4, -0.2) is 20.2 Å². The number of phenols is 2. The molecule has 3 N–H and O–H groups in total. The first-order chi connectivity index (χ1) is 9.02. The van der Waals surface area contributed by atoms with Crippen LogP contribution in [0.2, 0.25) is 10.0 Å². The van der Waals surface area contributed by atoms with Gasteiger partial charge >= 0.3 is 0 Å². The van der Waals surface area contributed by atoms with Crippen molar-refractivity contribution in [3.63, 3.8) is 0 Å². The van der Waals surface area contributed by atoms with Gasteiger partial charge in [0.05, 0.1) is 21.1 Å². The Labute approximate surface area is 118 Å². The molecule has 1 heterocycles. The molecule has 0 bridgehead atoms. The molecule has 0 aliphatic rings. The molecule has 19 heavy (non-hydrogen) atoms. The highest BCUT2D eigenvalue weighted by Crippen LogP contribution is 2.31. The first-order valence-corrected chi connectivity index (χ1v) is 6.17. The molecular weight excluding hydrogens is 287 g/mol. The number of benzene rings is 2. The Morgan fingerprint density at radius 2 is 1.53 bits per heavy atom. The molecule has 0 atom stereocenters. The van der Waals surface area contributed by atoms with Gasteiger partial charge in [0, 0.05) is 11.6 Å². The summed E-state index contributed by atoms with van der Waals surface area (Å²) in [6.07, 6.45) is 0. The summed E-state index contributed by atoms with van der Waals surface area (Å²) in [7, 11) is 0. The minimum absolute atomic E-state index is 0.0356. The number of imidazole rings is 1. The molecule has 0 amide bonds. The lowest BCUT2D eigenvalue weighted by Crippen LogP contribution is -1.80. The average Bonchev–Trinajstić information content (AvgIpc) is 2.71. The van der Waals surface area contributed by atoms with Gasteiger partial charge in [-0.05, 0) is 24.3 Å². The molecule has 0 aliphatic heterocycles. The topological polar surface area (TPSA) is 69.1 Å². The minimum atomic E-state index is -0.0356.